The molecule has 9 heteroatoms. The first-order valence-corrected chi connectivity index (χ1v) is 8.12. The lowest BCUT2D eigenvalue weighted by Crippen LogP contribution is -2.26. The molecule has 0 bridgehead atoms. The normalized spacial score (nSPS) is 10.2. The van der Waals surface area contributed by atoms with Crippen molar-refractivity contribution in [3.63, 3.8) is 0 Å². The van der Waals surface area contributed by atoms with Crippen LogP contribution in [0.4, 0.5) is 14.5 Å². The molecule has 0 fully saturated rings. The molecule has 1 N–H and O–H groups in total. The molecule has 0 aliphatic carbocycles. The summed E-state index contributed by atoms with van der Waals surface area (Å²) in [6.45, 7) is -0.549. The highest BCUT2D eigenvalue weighted by atomic mass is 19.1. The Hall–Kier alpha value is -3.36. The van der Waals surface area contributed by atoms with Gasteiger partial charge in [0.1, 0.15) is 5.82 Å². The van der Waals surface area contributed by atoms with E-state index in [1.165, 1.54) is 31.3 Å². The standard InChI is InChI=1S/C19H20F2N2O5/c1-23(2)19(25)12-8-16(26-3)17(27-4)9-14(12)22-18(24)10-28-15-6-5-11(20)7-13(15)21/h5-9H,10H2,1-4H3,(H,22,24). The van der Waals surface area contributed by atoms with E-state index in [9.17, 15) is 18.4 Å². The number of ether oxygens (including phenoxy) is 3. The van der Waals surface area contributed by atoms with E-state index in [4.69, 9.17) is 14.2 Å². The second-order valence-corrected chi connectivity index (χ2v) is 5.86. The Bertz CT molecular complexity index is 887. The number of halogens is 2. The van der Waals surface area contributed by atoms with E-state index in [2.05, 4.69) is 5.32 Å². The molecule has 0 aliphatic heterocycles. The molecule has 0 unspecified atom stereocenters. The topological polar surface area (TPSA) is 77.1 Å². The van der Waals surface area contributed by atoms with Crippen molar-refractivity contribution >= 4 is 17.5 Å². The van der Waals surface area contributed by atoms with Crippen LogP contribution in [-0.4, -0.2) is 51.6 Å². The number of hydrogen-bond donors (Lipinski definition) is 1. The number of amides is 2. The van der Waals surface area contributed by atoms with Gasteiger partial charge < -0.3 is 24.4 Å². The molecule has 0 saturated carbocycles. The van der Waals surface area contributed by atoms with E-state index in [-0.39, 0.29) is 22.9 Å². The van der Waals surface area contributed by atoms with Crippen LogP contribution in [0, 0.1) is 11.6 Å². The molecule has 2 aromatic carbocycles. The van der Waals surface area contributed by atoms with E-state index in [0.29, 0.717) is 17.6 Å². The van der Waals surface area contributed by atoms with Gasteiger partial charge in [0, 0.05) is 26.2 Å². The van der Waals surface area contributed by atoms with Gasteiger partial charge in [-0.05, 0) is 18.2 Å². The lowest BCUT2D eigenvalue weighted by Gasteiger charge is -2.18. The Kier molecular flexibility index (Phi) is 6.75. The molecule has 2 aromatic rings. The van der Waals surface area contributed by atoms with Crippen LogP contribution < -0.4 is 19.5 Å². The van der Waals surface area contributed by atoms with Gasteiger partial charge in [0.05, 0.1) is 25.5 Å². The maximum absolute atomic E-state index is 13.6. The van der Waals surface area contributed by atoms with Gasteiger partial charge in [-0.1, -0.05) is 0 Å². The summed E-state index contributed by atoms with van der Waals surface area (Å²) in [7, 11) is 5.96. The minimum atomic E-state index is -0.928. The molecule has 0 aliphatic rings. The zero-order valence-electron chi connectivity index (χ0n) is 15.8. The lowest BCUT2D eigenvalue weighted by atomic mass is 10.1. The zero-order valence-corrected chi connectivity index (χ0v) is 15.8. The van der Waals surface area contributed by atoms with Crippen LogP contribution in [0.1, 0.15) is 10.4 Å². The van der Waals surface area contributed by atoms with E-state index >= 15 is 0 Å². The Morgan fingerprint density at radius 3 is 2.21 bits per heavy atom. The zero-order chi connectivity index (χ0) is 20.8. The minimum Gasteiger partial charge on any atom is -0.493 e. The van der Waals surface area contributed by atoms with Crippen LogP contribution >= 0.6 is 0 Å². The molecule has 28 heavy (non-hydrogen) atoms. The van der Waals surface area contributed by atoms with Gasteiger partial charge >= 0.3 is 0 Å². The number of anilines is 1. The molecule has 2 rings (SSSR count). The predicted octanol–water partition coefficient (Wildman–Crippen LogP) is 2.70. The van der Waals surface area contributed by atoms with E-state index in [1.54, 1.807) is 14.1 Å². The van der Waals surface area contributed by atoms with Crippen molar-refractivity contribution in [1.82, 2.24) is 4.90 Å². The maximum atomic E-state index is 13.6. The number of rotatable bonds is 7. The minimum absolute atomic E-state index is 0.170. The largest absolute Gasteiger partial charge is 0.493 e. The number of nitrogens with one attached hydrogen (secondary N) is 1. The number of methoxy groups -OCH3 is 2. The van der Waals surface area contributed by atoms with Crippen molar-refractivity contribution in [2.75, 3.05) is 40.2 Å². The summed E-state index contributed by atoms with van der Waals surface area (Å²) in [6, 6.07) is 5.62. The third-order valence-corrected chi connectivity index (χ3v) is 3.69. The fourth-order valence-electron chi connectivity index (χ4n) is 2.32. The summed E-state index contributed by atoms with van der Waals surface area (Å²) in [4.78, 5) is 26.0. The number of hydrogen-bond acceptors (Lipinski definition) is 5. The quantitative estimate of drug-likeness (QED) is 0.781. The highest BCUT2D eigenvalue weighted by Gasteiger charge is 2.20. The third-order valence-electron chi connectivity index (χ3n) is 3.69. The summed E-state index contributed by atoms with van der Waals surface area (Å²) in [5.41, 5.74) is 0.341. The predicted molar refractivity (Wildman–Crippen MR) is 98.0 cm³/mol. The van der Waals surface area contributed by atoms with Gasteiger partial charge in [-0.3, -0.25) is 9.59 Å². The molecule has 150 valence electrons. The van der Waals surface area contributed by atoms with Crippen LogP contribution in [-0.2, 0) is 4.79 Å². The van der Waals surface area contributed by atoms with Gasteiger partial charge in [-0.15, -0.1) is 0 Å². The first-order chi connectivity index (χ1) is 13.3. The van der Waals surface area contributed by atoms with Crippen molar-refractivity contribution in [3.05, 3.63) is 47.5 Å². The number of benzene rings is 2. The van der Waals surface area contributed by atoms with Crippen molar-refractivity contribution in [1.29, 1.82) is 0 Å². The lowest BCUT2D eigenvalue weighted by molar-refractivity contribution is -0.118. The van der Waals surface area contributed by atoms with Crippen LogP contribution in [0.5, 0.6) is 17.2 Å². The van der Waals surface area contributed by atoms with E-state index < -0.39 is 24.1 Å². The molecule has 0 heterocycles. The van der Waals surface area contributed by atoms with Gasteiger partial charge in [-0.25, -0.2) is 8.78 Å². The van der Waals surface area contributed by atoms with Crippen LogP contribution in [0.3, 0.4) is 0 Å². The molecule has 2 amide bonds. The SMILES string of the molecule is COc1cc(NC(=O)COc2ccc(F)cc2F)c(C(=O)N(C)C)cc1OC. The van der Waals surface area contributed by atoms with Gasteiger partial charge in [-0.2, -0.15) is 0 Å². The maximum Gasteiger partial charge on any atom is 0.262 e. The van der Waals surface area contributed by atoms with Gasteiger partial charge in [0.25, 0.3) is 11.8 Å². The van der Waals surface area contributed by atoms with Crippen molar-refractivity contribution in [3.8, 4) is 17.2 Å². The van der Waals surface area contributed by atoms with Crippen molar-refractivity contribution < 1.29 is 32.6 Å². The fraction of sp³-hybridized carbons (Fsp3) is 0.263. The smallest absolute Gasteiger partial charge is 0.262 e. The van der Waals surface area contributed by atoms with Gasteiger partial charge in [0.2, 0.25) is 0 Å². The Balaban J connectivity index is 2.22. The number of carbonyl (C=O) groups is 2. The summed E-state index contributed by atoms with van der Waals surface area (Å²) < 4.78 is 42.0. The van der Waals surface area contributed by atoms with E-state index in [0.717, 1.165) is 12.1 Å². The van der Waals surface area contributed by atoms with Crippen LogP contribution in [0.15, 0.2) is 30.3 Å². The summed E-state index contributed by atoms with van der Waals surface area (Å²) >= 11 is 0. The molecular formula is C19H20F2N2O5. The van der Waals surface area contributed by atoms with E-state index in [1.807, 2.05) is 0 Å². The monoisotopic (exact) mass is 394 g/mol. The fourth-order valence-corrected chi connectivity index (χ4v) is 2.32. The Morgan fingerprint density at radius 1 is 1.00 bits per heavy atom. The molecular weight excluding hydrogens is 374 g/mol. The molecule has 0 radical (unpaired) electrons. The molecule has 0 atom stereocenters. The summed E-state index contributed by atoms with van der Waals surface area (Å²) in [5, 5.41) is 2.53. The highest BCUT2D eigenvalue weighted by molar-refractivity contribution is 6.04. The number of nitrogens with zero attached hydrogens (tertiary/aromatic N) is 1. The third kappa shape index (κ3) is 4.87. The summed E-state index contributed by atoms with van der Waals surface area (Å²) in [5.74, 6) is -2.36. The van der Waals surface area contributed by atoms with Crippen molar-refractivity contribution in [2.45, 2.75) is 0 Å². The first kappa shape index (κ1) is 20.9. The van der Waals surface area contributed by atoms with Crippen LogP contribution in [0.2, 0.25) is 0 Å². The second kappa shape index (κ2) is 9.03. The van der Waals surface area contributed by atoms with Gasteiger partial charge in [0.15, 0.2) is 29.7 Å². The highest BCUT2D eigenvalue weighted by Crippen LogP contribution is 2.34. The molecule has 7 nitrogen and oxygen atoms in total. The Labute approximate surface area is 160 Å². The molecule has 0 spiro atoms. The average molecular weight is 394 g/mol. The molecule has 0 saturated heterocycles. The summed E-state index contributed by atoms with van der Waals surface area (Å²) in [6.07, 6.45) is 0. The van der Waals surface area contributed by atoms with Crippen LogP contribution in [0.25, 0.3) is 0 Å². The molecule has 0 aromatic heterocycles. The average Bonchev–Trinajstić information content (AvgIpc) is 2.66. The first-order valence-electron chi connectivity index (χ1n) is 8.12. The second-order valence-electron chi connectivity index (χ2n) is 5.86. The van der Waals surface area contributed by atoms with Crippen molar-refractivity contribution in [2.24, 2.45) is 0 Å². The number of carbonyl (C=O) groups excluding carboxylic acids is 2. The Morgan fingerprint density at radius 2 is 1.64 bits per heavy atom.